The topological polar surface area (TPSA) is 29.0 Å². The van der Waals surface area contributed by atoms with Gasteiger partial charge in [-0.25, -0.2) is 9.97 Å². The predicted octanol–water partition coefficient (Wildman–Crippen LogP) is 4.49. The first-order valence-electron chi connectivity index (χ1n) is 7.50. The molecule has 0 aliphatic carbocycles. The van der Waals surface area contributed by atoms with Crippen molar-refractivity contribution in [1.29, 1.82) is 0 Å². The summed E-state index contributed by atoms with van der Waals surface area (Å²) in [5, 5.41) is 0.834. The molecule has 1 atom stereocenters. The van der Waals surface area contributed by atoms with Gasteiger partial charge >= 0.3 is 0 Å². The van der Waals surface area contributed by atoms with E-state index >= 15 is 0 Å². The Labute approximate surface area is 143 Å². The van der Waals surface area contributed by atoms with E-state index in [1.165, 1.54) is 5.56 Å². The maximum atomic E-state index is 6.10. The maximum Gasteiger partial charge on any atom is 0.145 e. The molecule has 1 aromatic carbocycles. The molecule has 5 heteroatoms. The summed E-state index contributed by atoms with van der Waals surface area (Å²) < 4.78 is 0. The number of hydrogen-bond donors (Lipinski definition) is 0. The molecule has 1 aromatic heterocycles. The van der Waals surface area contributed by atoms with Crippen LogP contribution in [-0.4, -0.2) is 28.0 Å². The lowest BCUT2D eigenvalue weighted by molar-refractivity contribution is 0.157. The van der Waals surface area contributed by atoms with Crippen LogP contribution in [0.2, 0.25) is 5.02 Å². The van der Waals surface area contributed by atoms with Crippen molar-refractivity contribution >= 4 is 24.0 Å². The molecule has 2 aromatic rings. The Balaban J connectivity index is 0.00000176. The summed E-state index contributed by atoms with van der Waals surface area (Å²) in [6.07, 6.45) is 5.96. The van der Waals surface area contributed by atoms with E-state index in [9.17, 15) is 0 Å². The summed E-state index contributed by atoms with van der Waals surface area (Å²) in [6.45, 7) is 4.35. The third-order valence-corrected chi connectivity index (χ3v) is 4.59. The van der Waals surface area contributed by atoms with E-state index in [4.69, 9.17) is 11.6 Å². The first-order valence-corrected chi connectivity index (χ1v) is 7.88. The largest absolute Gasteiger partial charge is 0.294 e. The summed E-state index contributed by atoms with van der Waals surface area (Å²) in [4.78, 5) is 11.2. The Morgan fingerprint density at radius 2 is 1.82 bits per heavy atom. The van der Waals surface area contributed by atoms with Crippen molar-refractivity contribution in [2.24, 2.45) is 0 Å². The Morgan fingerprint density at radius 1 is 1.14 bits per heavy atom. The molecule has 0 radical (unpaired) electrons. The van der Waals surface area contributed by atoms with Crippen molar-refractivity contribution in [3.05, 3.63) is 59.1 Å². The van der Waals surface area contributed by atoms with Crippen LogP contribution in [0.4, 0.5) is 0 Å². The van der Waals surface area contributed by atoms with Gasteiger partial charge in [0.2, 0.25) is 0 Å². The van der Waals surface area contributed by atoms with Crippen LogP contribution < -0.4 is 0 Å². The van der Waals surface area contributed by atoms with Crippen LogP contribution in [0.25, 0.3) is 0 Å². The van der Waals surface area contributed by atoms with E-state index in [-0.39, 0.29) is 18.4 Å². The fourth-order valence-electron chi connectivity index (χ4n) is 3.07. The van der Waals surface area contributed by atoms with Gasteiger partial charge in [-0.3, -0.25) is 4.90 Å². The molecule has 22 heavy (non-hydrogen) atoms. The molecule has 118 valence electrons. The summed E-state index contributed by atoms with van der Waals surface area (Å²) >= 11 is 6.10. The summed E-state index contributed by atoms with van der Waals surface area (Å²) in [7, 11) is 0. The predicted molar refractivity (Wildman–Crippen MR) is 92.7 cm³/mol. The molecular formula is C17H21Cl2N3. The van der Waals surface area contributed by atoms with Gasteiger partial charge in [-0.05, 0) is 62.5 Å². The molecule has 1 fully saturated rings. The average molecular weight is 338 g/mol. The van der Waals surface area contributed by atoms with Crippen LogP contribution in [0.1, 0.15) is 43.1 Å². The third kappa shape index (κ3) is 3.97. The second-order valence-electron chi connectivity index (χ2n) is 5.65. The van der Waals surface area contributed by atoms with Crippen molar-refractivity contribution in [1.82, 2.24) is 14.9 Å². The van der Waals surface area contributed by atoms with Crippen LogP contribution in [0.3, 0.4) is 0 Å². The van der Waals surface area contributed by atoms with E-state index in [0.29, 0.717) is 5.92 Å². The molecule has 1 aliphatic heterocycles. The number of likely N-dealkylation sites (tertiary alicyclic amines) is 1. The first-order chi connectivity index (χ1) is 10.2. The second-order valence-corrected chi connectivity index (χ2v) is 6.08. The lowest BCUT2D eigenvalue weighted by Crippen LogP contribution is -2.35. The lowest BCUT2D eigenvalue weighted by Gasteiger charge is -2.35. The van der Waals surface area contributed by atoms with Gasteiger partial charge in [-0.15, -0.1) is 12.4 Å². The van der Waals surface area contributed by atoms with Crippen LogP contribution >= 0.6 is 24.0 Å². The van der Waals surface area contributed by atoms with Gasteiger partial charge < -0.3 is 0 Å². The number of nitrogens with zero attached hydrogens (tertiary/aromatic N) is 3. The fraction of sp³-hybridized carbons (Fsp3) is 0.412. The average Bonchev–Trinajstić information content (AvgIpc) is 2.55. The number of halogens is 2. The van der Waals surface area contributed by atoms with E-state index in [1.54, 1.807) is 0 Å². The minimum Gasteiger partial charge on any atom is -0.294 e. The summed E-state index contributed by atoms with van der Waals surface area (Å²) in [5.41, 5.74) is 1.37. The molecule has 0 N–H and O–H groups in total. The van der Waals surface area contributed by atoms with Crippen molar-refractivity contribution < 1.29 is 0 Å². The number of hydrogen-bond acceptors (Lipinski definition) is 3. The molecule has 2 heterocycles. The molecule has 0 bridgehead atoms. The molecule has 0 saturated carbocycles. The minimum atomic E-state index is 0. The van der Waals surface area contributed by atoms with Gasteiger partial charge in [0.05, 0.1) is 6.04 Å². The van der Waals surface area contributed by atoms with Gasteiger partial charge in [0.25, 0.3) is 0 Å². The minimum absolute atomic E-state index is 0. The number of aromatic nitrogens is 2. The van der Waals surface area contributed by atoms with Crippen molar-refractivity contribution in [2.45, 2.75) is 31.7 Å². The third-order valence-electron chi connectivity index (χ3n) is 4.36. The van der Waals surface area contributed by atoms with Crippen molar-refractivity contribution in [3.8, 4) is 0 Å². The second kappa shape index (κ2) is 7.91. The van der Waals surface area contributed by atoms with Crippen LogP contribution in [0.15, 0.2) is 42.7 Å². The molecule has 3 nitrogen and oxygen atoms in total. The smallest absolute Gasteiger partial charge is 0.145 e. The first kappa shape index (κ1) is 17.2. The zero-order chi connectivity index (χ0) is 14.7. The van der Waals surface area contributed by atoms with Crippen LogP contribution in [0, 0.1) is 0 Å². The number of piperidine rings is 1. The highest BCUT2D eigenvalue weighted by molar-refractivity contribution is 6.30. The zero-order valence-electron chi connectivity index (χ0n) is 12.7. The molecule has 0 spiro atoms. The molecular weight excluding hydrogens is 317 g/mol. The SMILES string of the molecule is CC(c1ncccn1)N1CCC(c2cccc(Cl)c2)CC1.Cl. The van der Waals surface area contributed by atoms with E-state index in [0.717, 1.165) is 36.8 Å². The van der Waals surface area contributed by atoms with Gasteiger partial charge in [-0.2, -0.15) is 0 Å². The zero-order valence-corrected chi connectivity index (χ0v) is 14.2. The normalized spacial score (nSPS) is 17.7. The highest BCUT2D eigenvalue weighted by atomic mass is 35.5. The van der Waals surface area contributed by atoms with Crippen molar-refractivity contribution in [3.63, 3.8) is 0 Å². The van der Waals surface area contributed by atoms with Gasteiger partial charge in [0.1, 0.15) is 5.82 Å². The van der Waals surface area contributed by atoms with Crippen LogP contribution in [-0.2, 0) is 0 Å². The number of rotatable bonds is 3. The Morgan fingerprint density at radius 3 is 2.45 bits per heavy atom. The van der Waals surface area contributed by atoms with Crippen LogP contribution in [0.5, 0.6) is 0 Å². The molecule has 0 amide bonds. The maximum absolute atomic E-state index is 6.10. The molecule has 3 rings (SSSR count). The lowest BCUT2D eigenvalue weighted by atomic mass is 9.89. The number of benzene rings is 1. The molecule has 1 aliphatic rings. The highest BCUT2D eigenvalue weighted by Crippen LogP contribution is 2.32. The Kier molecular flexibility index (Phi) is 6.18. The van der Waals surface area contributed by atoms with Gasteiger partial charge in [-0.1, -0.05) is 23.7 Å². The van der Waals surface area contributed by atoms with Gasteiger partial charge in [0.15, 0.2) is 0 Å². The van der Waals surface area contributed by atoms with E-state index < -0.39 is 0 Å². The van der Waals surface area contributed by atoms with E-state index in [2.05, 4.69) is 33.9 Å². The standard InChI is InChI=1S/C17H20ClN3.ClH/c1-13(17-19-8-3-9-20-17)21-10-6-14(7-11-21)15-4-2-5-16(18)12-15;/h2-5,8-9,12-14H,6-7,10-11H2,1H3;1H. The van der Waals surface area contributed by atoms with Crippen molar-refractivity contribution in [2.75, 3.05) is 13.1 Å². The van der Waals surface area contributed by atoms with Gasteiger partial charge in [0, 0.05) is 17.4 Å². The molecule has 1 unspecified atom stereocenters. The quantitative estimate of drug-likeness (QED) is 0.825. The summed E-state index contributed by atoms with van der Waals surface area (Å²) in [6, 6.07) is 10.4. The monoisotopic (exact) mass is 337 g/mol. The molecule has 1 saturated heterocycles. The fourth-order valence-corrected chi connectivity index (χ4v) is 3.27. The summed E-state index contributed by atoms with van der Waals surface area (Å²) in [5.74, 6) is 1.53. The van der Waals surface area contributed by atoms with E-state index in [1.807, 2.05) is 30.6 Å². The Hall–Kier alpha value is -1.16. The highest BCUT2D eigenvalue weighted by Gasteiger charge is 2.25. The Bertz CT molecular complexity index is 583.